The average Bonchev–Trinajstić information content (AvgIpc) is 2.33. The Balaban J connectivity index is 2.69. The van der Waals surface area contributed by atoms with E-state index in [-0.39, 0.29) is 5.02 Å². The quantitative estimate of drug-likeness (QED) is 0.685. The standard InChI is InChI=1S/C13H7ClFN/c1-2-9-6-7-16-8-11(9)10-4-3-5-12(14)13(10)15/h1,3-8H. The van der Waals surface area contributed by atoms with E-state index in [4.69, 9.17) is 18.0 Å². The summed E-state index contributed by atoms with van der Waals surface area (Å²) in [4.78, 5) is 3.94. The van der Waals surface area contributed by atoms with Crippen molar-refractivity contribution in [2.24, 2.45) is 0 Å². The number of pyridine rings is 1. The maximum atomic E-state index is 13.8. The van der Waals surface area contributed by atoms with E-state index >= 15 is 0 Å². The maximum absolute atomic E-state index is 13.8. The van der Waals surface area contributed by atoms with E-state index in [1.165, 1.54) is 12.3 Å². The Labute approximate surface area is 97.9 Å². The molecule has 1 aromatic carbocycles. The fourth-order valence-corrected chi connectivity index (χ4v) is 1.62. The zero-order valence-electron chi connectivity index (χ0n) is 8.24. The van der Waals surface area contributed by atoms with Crippen LogP contribution in [-0.2, 0) is 0 Å². The molecule has 3 heteroatoms. The molecule has 0 N–H and O–H groups in total. The number of benzene rings is 1. The topological polar surface area (TPSA) is 12.9 Å². The molecule has 0 unspecified atom stereocenters. The Hall–Kier alpha value is -1.85. The van der Waals surface area contributed by atoms with Gasteiger partial charge < -0.3 is 0 Å². The molecule has 0 aliphatic heterocycles. The molecule has 0 aliphatic rings. The van der Waals surface area contributed by atoms with Gasteiger partial charge in [0.25, 0.3) is 0 Å². The minimum absolute atomic E-state index is 0.0734. The molecule has 0 bridgehead atoms. The summed E-state index contributed by atoms with van der Waals surface area (Å²) in [5.74, 6) is 2.01. The summed E-state index contributed by atoms with van der Waals surface area (Å²) in [5, 5.41) is 0.0734. The van der Waals surface area contributed by atoms with Crippen molar-refractivity contribution in [3.8, 4) is 23.5 Å². The lowest BCUT2D eigenvalue weighted by Gasteiger charge is -2.06. The number of halogens is 2. The fraction of sp³-hybridized carbons (Fsp3) is 0. The number of terminal acetylenes is 1. The lowest BCUT2D eigenvalue weighted by molar-refractivity contribution is 0.631. The van der Waals surface area contributed by atoms with Crippen molar-refractivity contribution >= 4 is 11.6 Å². The Morgan fingerprint density at radius 1 is 1.25 bits per heavy atom. The molecule has 2 rings (SSSR count). The van der Waals surface area contributed by atoms with Crippen LogP contribution in [0.3, 0.4) is 0 Å². The number of hydrogen-bond donors (Lipinski definition) is 0. The van der Waals surface area contributed by atoms with Gasteiger partial charge in [-0.05, 0) is 12.1 Å². The number of nitrogens with zero attached hydrogens (tertiary/aromatic N) is 1. The number of aromatic nitrogens is 1. The molecule has 0 saturated heterocycles. The molecular formula is C13H7ClFN. The molecule has 0 atom stereocenters. The average molecular weight is 232 g/mol. The molecule has 2 aromatic rings. The van der Waals surface area contributed by atoms with E-state index in [0.29, 0.717) is 16.7 Å². The molecule has 78 valence electrons. The van der Waals surface area contributed by atoms with Crippen molar-refractivity contribution in [3.63, 3.8) is 0 Å². The summed E-state index contributed by atoms with van der Waals surface area (Å²) in [6.45, 7) is 0. The second kappa shape index (κ2) is 4.34. The highest BCUT2D eigenvalue weighted by Gasteiger charge is 2.11. The third-order valence-electron chi connectivity index (χ3n) is 2.22. The van der Waals surface area contributed by atoms with Crippen molar-refractivity contribution < 1.29 is 4.39 Å². The van der Waals surface area contributed by atoms with Crippen LogP contribution in [0.2, 0.25) is 5.02 Å². The molecule has 0 saturated carbocycles. The maximum Gasteiger partial charge on any atom is 0.149 e. The molecule has 16 heavy (non-hydrogen) atoms. The molecule has 1 aromatic heterocycles. The number of rotatable bonds is 1. The van der Waals surface area contributed by atoms with Crippen LogP contribution in [0.4, 0.5) is 4.39 Å². The first-order chi connectivity index (χ1) is 7.74. The Kier molecular flexibility index (Phi) is 2.89. The number of hydrogen-bond acceptors (Lipinski definition) is 1. The second-order valence-corrected chi connectivity index (χ2v) is 3.57. The highest BCUT2D eigenvalue weighted by atomic mass is 35.5. The summed E-state index contributed by atoms with van der Waals surface area (Å²) < 4.78 is 13.8. The molecule has 1 heterocycles. The Morgan fingerprint density at radius 3 is 2.81 bits per heavy atom. The Bertz CT molecular complexity index is 572. The molecule has 0 aliphatic carbocycles. The minimum Gasteiger partial charge on any atom is -0.264 e. The second-order valence-electron chi connectivity index (χ2n) is 3.17. The summed E-state index contributed by atoms with van der Waals surface area (Å²) in [5.41, 5.74) is 1.54. The summed E-state index contributed by atoms with van der Waals surface area (Å²) in [6, 6.07) is 6.45. The van der Waals surface area contributed by atoms with Gasteiger partial charge in [-0.25, -0.2) is 4.39 Å². The Morgan fingerprint density at radius 2 is 2.06 bits per heavy atom. The van der Waals surface area contributed by atoms with Gasteiger partial charge in [-0.15, -0.1) is 6.42 Å². The van der Waals surface area contributed by atoms with E-state index in [1.807, 2.05) is 0 Å². The molecule has 0 amide bonds. The first kappa shape index (κ1) is 10.7. The van der Waals surface area contributed by atoms with Crippen LogP contribution in [0.1, 0.15) is 5.56 Å². The van der Waals surface area contributed by atoms with Crippen LogP contribution < -0.4 is 0 Å². The SMILES string of the molecule is C#Cc1ccncc1-c1cccc(Cl)c1F. The van der Waals surface area contributed by atoms with Crippen LogP contribution in [0, 0.1) is 18.2 Å². The summed E-state index contributed by atoms with van der Waals surface area (Å²) in [7, 11) is 0. The van der Waals surface area contributed by atoms with Gasteiger partial charge in [0.15, 0.2) is 0 Å². The predicted octanol–water partition coefficient (Wildman–Crippen LogP) is 3.52. The molecular weight excluding hydrogens is 225 g/mol. The van der Waals surface area contributed by atoms with Gasteiger partial charge in [0.2, 0.25) is 0 Å². The lowest BCUT2D eigenvalue weighted by Crippen LogP contribution is -1.90. The van der Waals surface area contributed by atoms with Crippen molar-refractivity contribution in [3.05, 3.63) is 53.1 Å². The van der Waals surface area contributed by atoms with E-state index in [2.05, 4.69) is 10.9 Å². The largest absolute Gasteiger partial charge is 0.264 e. The third-order valence-corrected chi connectivity index (χ3v) is 2.51. The molecule has 0 spiro atoms. The summed E-state index contributed by atoms with van der Waals surface area (Å²) >= 11 is 5.71. The fourth-order valence-electron chi connectivity index (χ4n) is 1.45. The van der Waals surface area contributed by atoms with Crippen LogP contribution in [0.15, 0.2) is 36.7 Å². The van der Waals surface area contributed by atoms with Crippen molar-refractivity contribution in [1.29, 1.82) is 0 Å². The van der Waals surface area contributed by atoms with Gasteiger partial charge in [-0.1, -0.05) is 29.7 Å². The first-order valence-corrected chi connectivity index (χ1v) is 4.97. The van der Waals surface area contributed by atoms with Gasteiger partial charge in [0.1, 0.15) is 5.82 Å². The van der Waals surface area contributed by atoms with Crippen LogP contribution in [0.25, 0.3) is 11.1 Å². The van der Waals surface area contributed by atoms with Crippen LogP contribution in [0.5, 0.6) is 0 Å². The van der Waals surface area contributed by atoms with Crippen molar-refractivity contribution in [2.75, 3.05) is 0 Å². The zero-order chi connectivity index (χ0) is 11.5. The van der Waals surface area contributed by atoms with Gasteiger partial charge in [-0.3, -0.25) is 4.98 Å². The van der Waals surface area contributed by atoms with Gasteiger partial charge >= 0.3 is 0 Å². The zero-order valence-corrected chi connectivity index (χ0v) is 9.00. The normalized spacial score (nSPS) is 9.81. The highest BCUT2D eigenvalue weighted by molar-refractivity contribution is 6.31. The van der Waals surface area contributed by atoms with Crippen molar-refractivity contribution in [1.82, 2.24) is 4.98 Å². The van der Waals surface area contributed by atoms with Crippen LogP contribution >= 0.6 is 11.6 Å². The smallest absolute Gasteiger partial charge is 0.149 e. The van der Waals surface area contributed by atoms with E-state index in [1.54, 1.807) is 24.4 Å². The van der Waals surface area contributed by atoms with Gasteiger partial charge in [-0.2, -0.15) is 0 Å². The third kappa shape index (κ3) is 1.78. The van der Waals surface area contributed by atoms with E-state index < -0.39 is 5.82 Å². The van der Waals surface area contributed by atoms with Gasteiger partial charge in [0, 0.05) is 29.1 Å². The van der Waals surface area contributed by atoms with E-state index in [0.717, 1.165) is 0 Å². The lowest BCUT2D eigenvalue weighted by atomic mass is 10.0. The van der Waals surface area contributed by atoms with E-state index in [9.17, 15) is 4.39 Å². The molecule has 0 radical (unpaired) electrons. The minimum atomic E-state index is -0.478. The summed E-state index contributed by atoms with van der Waals surface area (Å²) in [6.07, 6.45) is 8.45. The highest BCUT2D eigenvalue weighted by Crippen LogP contribution is 2.28. The van der Waals surface area contributed by atoms with Crippen molar-refractivity contribution in [2.45, 2.75) is 0 Å². The predicted molar refractivity (Wildman–Crippen MR) is 62.6 cm³/mol. The first-order valence-electron chi connectivity index (χ1n) is 4.59. The molecule has 0 fully saturated rings. The molecule has 1 nitrogen and oxygen atoms in total. The van der Waals surface area contributed by atoms with Gasteiger partial charge in [0.05, 0.1) is 5.02 Å². The van der Waals surface area contributed by atoms with Crippen LogP contribution in [-0.4, -0.2) is 4.98 Å². The monoisotopic (exact) mass is 231 g/mol.